The van der Waals surface area contributed by atoms with Crippen LogP contribution in [-0.4, -0.2) is 59.1 Å². The number of carbonyl (C=O) groups is 3. The maximum atomic E-state index is 13.1. The summed E-state index contributed by atoms with van der Waals surface area (Å²) in [7, 11) is 0. The van der Waals surface area contributed by atoms with Crippen molar-refractivity contribution in [3.63, 3.8) is 0 Å². The first-order valence-electron chi connectivity index (χ1n) is 12.5. The van der Waals surface area contributed by atoms with E-state index in [0.717, 1.165) is 5.57 Å². The Morgan fingerprint density at radius 1 is 1.17 bits per heavy atom. The Labute approximate surface area is 209 Å². The van der Waals surface area contributed by atoms with Crippen LogP contribution in [0.25, 0.3) is 0 Å². The van der Waals surface area contributed by atoms with E-state index in [1.54, 1.807) is 33.8 Å². The second-order valence-electron chi connectivity index (χ2n) is 10.5. The minimum Gasteiger partial charge on any atom is -0.462 e. The molecule has 0 aromatic carbocycles. The van der Waals surface area contributed by atoms with E-state index in [4.69, 9.17) is 18.9 Å². The van der Waals surface area contributed by atoms with Gasteiger partial charge >= 0.3 is 17.9 Å². The Morgan fingerprint density at radius 2 is 1.80 bits per heavy atom. The van der Waals surface area contributed by atoms with Gasteiger partial charge in [-0.3, -0.25) is 9.59 Å². The zero-order valence-corrected chi connectivity index (χ0v) is 22.5. The highest BCUT2D eigenvalue weighted by atomic mass is 16.6. The van der Waals surface area contributed by atoms with Crippen molar-refractivity contribution < 1.29 is 38.4 Å². The van der Waals surface area contributed by atoms with Crippen LogP contribution in [0.5, 0.6) is 0 Å². The van der Waals surface area contributed by atoms with Gasteiger partial charge in [0.05, 0.1) is 11.5 Å². The van der Waals surface area contributed by atoms with Crippen LogP contribution in [0.1, 0.15) is 75.2 Å². The van der Waals surface area contributed by atoms with Crippen LogP contribution in [-0.2, 0) is 33.3 Å². The summed E-state index contributed by atoms with van der Waals surface area (Å²) in [5, 5.41) is 11.6. The van der Waals surface area contributed by atoms with Gasteiger partial charge in [-0.1, -0.05) is 26.0 Å². The summed E-state index contributed by atoms with van der Waals surface area (Å²) in [5.41, 5.74) is 0.687. The molecule has 0 aromatic heterocycles. The molecule has 0 radical (unpaired) electrons. The number of aliphatic hydroxyl groups is 1. The van der Waals surface area contributed by atoms with Gasteiger partial charge in [-0.05, 0) is 65.9 Å². The van der Waals surface area contributed by atoms with E-state index in [9.17, 15) is 19.5 Å². The predicted octanol–water partition coefficient (Wildman–Crippen LogP) is 3.89. The summed E-state index contributed by atoms with van der Waals surface area (Å²) in [4.78, 5) is 37.1. The summed E-state index contributed by atoms with van der Waals surface area (Å²) in [6.07, 6.45) is 1.10. The molecule has 198 valence electrons. The van der Waals surface area contributed by atoms with E-state index in [1.807, 2.05) is 33.8 Å². The predicted molar refractivity (Wildman–Crippen MR) is 130 cm³/mol. The van der Waals surface area contributed by atoms with Crippen molar-refractivity contribution in [3.8, 4) is 0 Å². The third-order valence-corrected chi connectivity index (χ3v) is 7.32. The van der Waals surface area contributed by atoms with Crippen molar-refractivity contribution >= 4 is 17.9 Å². The van der Waals surface area contributed by atoms with Crippen LogP contribution in [0.3, 0.4) is 0 Å². The molecule has 0 bridgehead atoms. The highest BCUT2D eigenvalue weighted by molar-refractivity contribution is 5.87. The fourth-order valence-electron chi connectivity index (χ4n) is 4.64. The molecule has 2 unspecified atom stereocenters. The maximum Gasteiger partial charge on any atom is 0.334 e. The number of hydrogen-bond donors (Lipinski definition) is 1. The van der Waals surface area contributed by atoms with Crippen LogP contribution in [0.4, 0.5) is 0 Å². The first-order chi connectivity index (χ1) is 16.2. The average Bonchev–Trinajstić information content (AvgIpc) is 3.44. The number of allylic oxidation sites excluding steroid dienone is 2. The molecule has 0 saturated carbocycles. The molecule has 1 N–H and O–H groups in total. The highest BCUT2D eigenvalue weighted by Crippen LogP contribution is 2.48. The molecule has 2 aliphatic rings. The van der Waals surface area contributed by atoms with E-state index < -0.39 is 65.9 Å². The standard InChI is InChI=1S/C27H42O8/c1-10-15(4)25(30)33-22-16(5)12-11-13-27(9)24(35-27)23(20(14(2)3)21(22)29)34-26(31)17(6)18(7)32-19(8)28/h10,12,14,17-18,20-24,29H,11,13H2,1-9H3/b15-10+,16-12+/t17?,18?,20-,21-,22-,23-,24+,27+/m0/s1. The minimum atomic E-state index is -1.13. The quantitative estimate of drug-likeness (QED) is 0.187. The molecule has 0 aromatic rings. The van der Waals surface area contributed by atoms with E-state index >= 15 is 0 Å². The average molecular weight is 495 g/mol. The molecule has 1 saturated heterocycles. The van der Waals surface area contributed by atoms with Crippen molar-refractivity contribution in [3.05, 3.63) is 23.3 Å². The second kappa shape index (κ2) is 11.7. The van der Waals surface area contributed by atoms with Crippen molar-refractivity contribution in [2.75, 3.05) is 0 Å². The van der Waals surface area contributed by atoms with Crippen LogP contribution in [0, 0.1) is 17.8 Å². The van der Waals surface area contributed by atoms with Crippen LogP contribution < -0.4 is 0 Å². The van der Waals surface area contributed by atoms with Crippen molar-refractivity contribution in [2.24, 2.45) is 17.8 Å². The molecule has 0 amide bonds. The van der Waals surface area contributed by atoms with Gasteiger partial charge in [0.15, 0.2) is 0 Å². The van der Waals surface area contributed by atoms with Crippen molar-refractivity contribution in [1.82, 2.24) is 0 Å². The van der Waals surface area contributed by atoms with Gasteiger partial charge in [0.25, 0.3) is 0 Å². The Hall–Kier alpha value is -2.19. The fraction of sp³-hybridized carbons (Fsp3) is 0.741. The summed E-state index contributed by atoms with van der Waals surface area (Å²) in [6.45, 7) is 15.7. The van der Waals surface area contributed by atoms with Crippen molar-refractivity contribution in [2.45, 2.75) is 111 Å². The Morgan fingerprint density at radius 3 is 2.34 bits per heavy atom. The number of aliphatic hydroxyl groups excluding tert-OH is 1. The van der Waals surface area contributed by atoms with Gasteiger partial charge < -0.3 is 24.1 Å². The summed E-state index contributed by atoms with van der Waals surface area (Å²) >= 11 is 0. The van der Waals surface area contributed by atoms with E-state index in [2.05, 4.69) is 0 Å². The molecule has 1 fully saturated rings. The third-order valence-electron chi connectivity index (χ3n) is 7.32. The highest BCUT2D eigenvalue weighted by Gasteiger charge is 2.61. The first kappa shape index (κ1) is 29.0. The largest absolute Gasteiger partial charge is 0.462 e. The number of carbonyl (C=O) groups excluding carboxylic acids is 3. The van der Waals surface area contributed by atoms with E-state index in [-0.39, 0.29) is 5.92 Å². The lowest BCUT2D eigenvalue weighted by Crippen LogP contribution is -2.50. The lowest BCUT2D eigenvalue weighted by atomic mass is 9.77. The molecule has 1 aliphatic heterocycles. The number of esters is 3. The Kier molecular flexibility index (Phi) is 9.71. The molecule has 8 atom stereocenters. The monoisotopic (exact) mass is 494 g/mol. The lowest BCUT2D eigenvalue weighted by molar-refractivity contribution is -0.174. The molecule has 0 spiro atoms. The Bertz CT molecular complexity index is 859. The molecular formula is C27H42O8. The summed E-state index contributed by atoms with van der Waals surface area (Å²) in [6, 6.07) is 0. The first-order valence-corrected chi connectivity index (χ1v) is 12.5. The smallest absolute Gasteiger partial charge is 0.334 e. The molecule has 1 aliphatic carbocycles. The number of fused-ring (bicyclic) bond motifs is 1. The normalized spacial score (nSPS) is 34.5. The van der Waals surface area contributed by atoms with E-state index in [1.165, 1.54) is 6.92 Å². The van der Waals surface area contributed by atoms with Crippen LogP contribution >= 0.6 is 0 Å². The lowest BCUT2D eigenvalue weighted by Gasteiger charge is -2.38. The third kappa shape index (κ3) is 6.94. The molecule has 2 rings (SSSR count). The summed E-state index contributed by atoms with van der Waals surface area (Å²) < 4.78 is 23.0. The zero-order chi connectivity index (χ0) is 26.7. The minimum absolute atomic E-state index is 0.131. The SMILES string of the molecule is C/C=C(\C)C(=O)O[C@H]1/C(C)=C/CC[C@@]2(C)O[C@@H]2[C@@H](OC(=O)C(C)C(C)OC(C)=O)[C@@H](C(C)C)[C@@H]1O. The van der Waals surface area contributed by atoms with Gasteiger partial charge in [-0.25, -0.2) is 4.79 Å². The molecule has 8 heteroatoms. The second-order valence-corrected chi connectivity index (χ2v) is 10.5. The topological polar surface area (TPSA) is 112 Å². The summed E-state index contributed by atoms with van der Waals surface area (Å²) in [5.74, 6) is -2.94. The number of ether oxygens (including phenoxy) is 4. The fourth-order valence-corrected chi connectivity index (χ4v) is 4.64. The van der Waals surface area contributed by atoms with Crippen LogP contribution in [0.15, 0.2) is 23.3 Å². The van der Waals surface area contributed by atoms with Gasteiger partial charge in [-0.2, -0.15) is 0 Å². The van der Waals surface area contributed by atoms with Crippen molar-refractivity contribution in [1.29, 1.82) is 0 Å². The van der Waals surface area contributed by atoms with Gasteiger partial charge in [0.1, 0.15) is 30.5 Å². The number of rotatable bonds is 7. The molecule has 35 heavy (non-hydrogen) atoms. The zero-order valence-electron chi connectivity index (χ0n) is 22.5. The van der Waals surface area contributed by atoms with Gasteiger partial charge in [0, 0.05) is 18.4 Å². The van der Waals surface area contributed by atoms with E-state index in [0.29, 0.717) is 18.4 Å². The molecule has 8 nitrogen and oxygen atoms in total. The van der Waals surface area contributed by atoms with Crippen LogP contribution in [0.2, 0.25) is 0 Å². The van der Waals surface area contributed by atoms with Gasteiger partial charge in [-0.15, -0.1) is 0 Å². The molecule has 1 heterocycles. The van der Waals surface area contributed by atoms with Gasteiger partial charge in [0.2, 0.25) is 0 Å². The molecular weight excluding hydrogens is 452 g/mol. The number of epoxide rings is 1. The maximum absolute atomic E-state index is 13.1. The number of hydrogen-bond acceptors (Lipinski definition) is 8. The Balaban J connectivity index is 2.42.